The highest BCUT2D eigenvalue weighted by Gasteiger charge is 2.37. The van der Waals surface area contributed by atoms with Crippen LogP contribution in [0.25, 0.3) is 0 Å². The molecule has 0 aromatic rings. The normalized spacial score (nSPS) is 12.3. The largest absolute Gasteiger partial charge is 0.500 e. The molecule has 0 aromatic carbocycles. The smallest absolute Gasteiger partial charge is 0.481 e. The predicted molar refractivity (Wildman–Crippen MR) is 79.7 cm³/mol. The topological polar surface area (TPSA) is 68.2 Å². The Balaban J connectivity index is 4.26. The lowest BCUT2D eigenvalue weighted by molar-refractivity contribution is -0.137. The molecule has 0 atom stereocenters. The third-order valence-electron chi connectivity index (χ3n) is 3.16. The summed E-state index contributed by atoms with van der Waals surface area (Å²) in [5.41, 5.74) is 0. The van der Waals surface area contributed by atoms with Crippen LogP contribution in [0.3, 0.4) is 0 Å². The molecule has 0 saturated heterocycles. The number of rotatable bonds is 12. The fraction of sp³-hybridized carbons (Fsp3) is 0.923. The SMILES string of the molecule is CO[Si](CCCN(CCC(=O)O)CC(C)C)(OC)OC. The van der Waals surface area contributed by atoms with E-state index in [0.29, 0.717) is 12.5 Å². The van der Waals surface area contributed by atoms with Gasteiger partial charge in [0, 0.05) is 40.5 Å². The monoisotopic (exact) mass is 307 g/mol. The van der Waals surface area contributed by atoms with Crippen molar-refractivity contribution in [3.8, 4) is 0 Å². The summed E-state index contributed by atoms with van der Waals surface area (Å²) in [7, 11) is 2.31. The second-order valence-corrected chi connectivity index (χ2v) is 8.33. The summed E-state index contributed by atoms with van der Waals surface area (Å²) in [6, 6.07) is 0.734. The molecule has 0 spiro atoms. The molecule has 0 aliphatic heterocycles. The van der Waals surface area contributed by atoms with E-state index < -0.39 is 14.8 Å². The Morgan fingerprint density at radius 1 is 1.15 bits per heavy atom. The summed E-state index contributed by atoms with van der Waals surface area (Å²) in [6.45, 7) is 6.57. The summed E-state index contributed by atoms with van der Waals surface area (Å²) < 4.78 is 16.1. The molecule has 1 N–H and O–H groups in total. The minimum Gasteiger partial charge on any atom is -0.481 e. The zero-order chi connectivity index (χ0) is 15.6. The van der Waals surface area contributed by atoms with Crippen molar-refractivity contribution < 1.29 is 23.2 Å². The maximum absolute atomic E-state index is 10.7. The van der Waals surface area contributed by atoms with E-state index >= 15 is 0 Å². The molecule has 0 aliphatic rings. The van der Waals surface area contributed by atoms with Gasteiger partial charge in [0.1, 0.15) is 0 Å². The Kier molecular flexibility index (Phi) is 10.0. The first kappa shape index (κ1) is 19.5. The third kappa shape index (κ3) is 7.96. The van der Waals surface area contributed by atoms with Gasteiger partial charge in [0.15, 0.2) is 0 Å². The average Bonchev–Trinajstić information content (AvgIpc) is 2.40. The first-order valence-corrected chi connectivity index (χ1v) is 8.92. The van der Waals surface area contributed by atoms with E-state index in [9.17, 15) is 4.79 Å². The van der Waals surface area contributed by atoms with Gasteiger partial charge >= 0.3 is 14.8 Å². The van der Waals surface area contributed by atoms with E-state index in [4.69, 9.17) is 18.4 Å². The third-order valence-corrected chi connectivity index (χ3v) is 5.99. The van der Waals surface area contributed by atoms with Crippen molar-refractivity contribution in [1.82, 2.24) is 4.90 Å². The summed E-state index contributed by atoms with van der Waals surface area (Å²) >= 11 is 0. The maximum atomic E-state index is 10.7. The second kappa shape index (κ2) is 10.3. The Hall–Kier alpha value is -0.473. The maximum Gasteiger partial charge on any atom is 0.500 e. The summed E-state index contributed by atoms with van der Waals surface area (Å²) in [5.74, 6) is -0.244. The Morgan fingerprint density at radius 2 is 1.70 bits per heavy atom. The van der Waals surface area contributed by atoms with Gasteiger partial charge < -0.3 is 23.3 Å². The van der Waals surface area contributed by atoms with Crippen molar-refractivity contribution >= 4 is 14.8 Å². The summed E-state index contributed by atoms with van der Waals surface area (Å²) in [6.07, 6.45) is 1.04. The van der Waals surface area contributed by atoms with Gasteiger partial charge in [-0.25, -0.2) is 0 Å². The molecule has 0 radical (unpaired) electrons. The lowest BCUT2D eigenvalue weighted by Crippen LogP contribution is -2.43. The van der Waals surface area contributed by atoms with Gasteiger partial charge in [-0.3, -0.25) is 4.79 Å². The highest BCUT2D eigenvalue weighted by molar-refractivity contribution is 6.60. The number of nitrogens with zero attached hydrogens (tertiary/aromatic N) is 1. The van der Waals surface area contributed by atoms with Crippen LogP contribution in [-0.4, -0.2) is 65.7 Å². The molecule has 0 amide bonds. The van der Waals surface area contributed by atoms with Crippen molar-refractivity contribution in [3.63, 3.8) is 0 Å². The van der Waals surface area contributed by atoms with Crippen molar-refractivity contribution in [2.24, 2.45) is 5.92 Å². The minimum atomic E-state index is -2.51. The van der Waals surface area contributed by atoms with E-state index in [1.807, 2.05) is 0 Å². The van der Waals surface area contributed by atoms with Crippen LogP contribution in [0.5, 0.6) is 0 Å². The van der Waals surface area contributed by atoms with Gasteiger partial charge in [-0.1, -0.05) is 13.8 Å². The number of hydrogen-bond acceptors (Lipinski definition) is 5. The van der Waals surface area contributed by atoms with Crippen LogP contribution >= 0.6 is 0 Å². The summed E-state index contributed by atoms with van der Waals surface area (Å²) in [4.78, 5) is 12.9. The van der Waals surface area contributed by atoms with E-state index in [2.05, 4.69) is 18.7 Å². The number of carboxylic acid groups (broad SMARTS) is 1. The van der Waals surface area contributed by atoms with Gasteiger partial charge in [0.25, 0.3) is 0 Å². The van der Waals surface area contributed by atoms with Crippen LogP contribution in [-0.2, 0) is 18.1 Å². The second-order valence-electron chi connectivity index (χ2n) is 5.24. The van der Waals surface area contributed by atoms with Gasteiger partial charge in [-0.05, 0) is 18.9 Å². The molecule has 0 saturated carbocycles. The van der Waals surface area contributed by atoms with Crippen LogP contribution < -0.4 is 0 Å². The quantitative estimate of drug-likeness (QED) is 0.553. The number of hydrogen-bond donors (Lipinski definition) is 1. The average molecular weight is 307 g/mol. The van der Waals surface area contributed by atoms with Crippen molar-refractivity contribution in [1.29, 1.82) is 0 Å². The van der Waals surface area contributed by atoms with Crippen LogP contribution in [0, 0.1) is 5.92 Å². The molecule has 0 rings (SSSR count). The van der Waals surface area contributed by atoms with Crippen LogP contribution in [0.15, 0.2) is 0 Å². The fourth-order valence-electron chi connectivity index (χ4n) is 2.14. The molecule has 0 unspecified atom stereocenters. The Bertz CT molecular complexity index is 263. The lowest BCUT2D eigenvalue weighted by Gasteiger charge is -2.27. The van der Waals surface area contributed by atoms with Crippen LogP contribution in [0.1, 0.15) is 26.7 Å². The summed E-state index contributed by atoms with van der Waals surface area (Å²) in [5, 5.41) is 8.79. The van der Waals surface area contributed by atoms with Gasteiger partial charge in [0.2, 0.25) is 0 Å². The van der Waals surface area contributed by atoms with Crippen molar-refractivity contribution in [2.45, 2.75) is 32.7 Å². The molecule has 0 heterocycles. The van der Waals surface area contributed by atoms with Gasteiger partial charge in [-0.2, -0.15) is 0 Å². The first-order chi connectivity index (χ1) is 9.39. The Morgan fingerprint density at radius 3 is 2.10 bits per heavy atom. The Labute approximate surface area is 123 Å². The number of carboxylic acids is 1. The molecule has 7 heteroatoms. The van der Waals surface area contributed by atoms with E-state index in [-0.39, 0.29) is 6.42 Å². The minimum absolute atomic E-state index is 0.175. The molecular formula is C13H29NO5Si. The fourth-order valence-corrected chi connectivity index (χ4v) is 3.84. The molecule has 0 aromatic heterocycles. The standard InChI is InChI=1S/C13H29NO5Si/c1-12(2)11-14(9-7-13(15)16)8-6-10-20(17-3,18-4)19-5/h12H,6-11H2,1-5H3,(H,15,16). The lowest BCUT2D eigenvalue weighted by atomic mass is 10.2. The highest BCUT2D eigenvalue weighted by atomic mass is 28.4. The van der Waals surface area contributed by atoms with Crippen LogP contribution in [0.4, 0.5) is 0 Å². The van der Waals surface area contributed by atoms with E-state index in [1.165, 1.54) is 0 Å². The molecule has 0 fully saturated rings. The van der Waals surface area contributed by atoms with Gasteiger partial charge in [0.05, 0.1) is 6.42 Å². The molecular weight excluding hydrogens is 278 g/mol. The first-order valence-electron chi connectivity index (χ1n) is 6.98. The molecule has 0 aliphatic carbocycles. The van der Waals surface area contributed by atoms with E-state index in [1.54, 1.807) is 21.3 Å². The molecule has 6 nitrogen and oxygen atoms in total. The molecule has 20 heavy (non-hydrogen) atoms. The predicted octanol–water partition coefficient (Wildman–Crippen LogP) is 1.69. The van der Waals surface area contributed by atoms with Crippen molar-refractivity contribution in [2.75, 3.05) is 41.0 Å². The van der Waals surface area contributed by atoms with Crippen molar-refractivity contribution in [3.05, 3.63) is 0 Å². The number of aliphatic carboxylic acids is 1. The van der Waals surface area contributed by atoms with E-state index in [0.717, 1.165) is 25.6 Å². The zero-order valence-electron chi connectivity index (χ0n) is 13.3. The molecule has 120 valence electrons. The number of carbonyl (C=O) groups is 1. The van der Waals surface area contributed by atoms with Crippen LogP contribution in [0.2, 0.25) is 6.04 Å². The molecule has 0 bridgehead atoms. The zero-order valence-corrected chi connectivity index (χ0v) is 14.3. The van der Waals surface area contributed by atoms with Gasteiger partial charge in [-0.15, -0.1) is 0 Å². The highest BCUT2D eigenvalue weighted by Crippen LogP contribution is 2.15.